The molecule has 0 spiro atoms. The molecule has 7 nitrogen and oxygen atoms in total. The second-order valence-corrected chi connectivity index (χ2v) is 10.9. The number of halogens is 2. The molecular formula is C29H36Cl2N4O3. The molecule has 0 saturated heterocycles. The average molecular weight is 560 g/mol. The molecule has 0 radical (unpaired) electrons. The number of Topliss-reactive ketones (excluding diaryl/α,β-unsaturated/α-hetero) is 1. The third-order valence-corrected chi connectivity index (χ3v) is 7.62. The number of phenolic OH excluding ortho intramolecular Hbond substituents is 1. The zero-order chi connectivity index (χ0) is 26.9. The zero-order valence-corrected chi connectivity index (χ0v) is 22.7. The number of phenols is 1. The van der Waals surface area contributed by atoms with Crippen LogP contribution in [0.15, 0.2) is 36.5 Å². The van der Waals surface area contributed by atoms with Gasteiger partial charge in [-0.2, -0.15) is 0 Å². The van der Waals surface area contributed by atoms with Gasteiger partial charge in [0, 0.05) is 23.7 Å². The number of carbonyl (C=O) groups is 2. The van der Waals surface area contributed by atoms with Crippen molar-refractivity contribution in [1.29, 1.82) is 0 Å². The van der Waals surface area contributed by atoms with Crippen molar-refractivity contribution in [2.45, 2.75) is 72.0 Å². The number of nitrogens with zero attached hydrogens (tertiary/aromatic N) is 1. The van der Waals surface area contributed by atoms with E-state index in [0.29, 0.717) is 5.56 Å². The van der Waals surface area contributed by atoms with Gasteiger partial charge in [0.25, 0.3) is 0 Å². The van der Waals surface area contributed by atoms with Crippen molar-refractivity contribution in [1.82, 2.24) is 10.3 Å². The van der Waals surface area contributed by atoms with Crippen molar-refractivity contribution in [3.63, 3.8) is 0 Å². The van der Waals surface area contributed by atoms with Crippen LogP contribution in [-0.2, 0) is 4.79 Å². The Morgan fingerprint density at radius 1 is 1.03 bits per heavy atom. The van der Waals surface area contributed by atoms with Crippen LogP contribution < -0.4 is 16.4 Å². The van der Waals surface area contributed by atoms with Crippen molar-refractivity contribution in [2.24, 2.45) is 11.7 Å². The summed E-state index contributed by atoms with van der Waals surface area (Å²) in [5.41, 5.74) is 9.57. The number of amides is 1. The Kier molecular flexibility index (Phi) is 9.63. The lowest BCUT2D eigenvalue weighted by Gasteiger charge is -2.32. The fraction of sp³-hybridized carbons (Fsp3) is 0.414. The minimum absolute atomic E-state index is 0. The molecule has 3 aromatic rings. The van der Waals surface area contributed by atoms with Gasteiger partial charge in [-0.05, 0) is 73.9 Å². The Labute approximate surface area is 234 Å². The molecule has 1 aromatic heterocycles. The van der Waals surface area contributed by atoms with Gasteiger partial charge >= 0.3 is 0 Å². The number of hydrogen-bond acceptors (Lipinski definition) is 6. The summed E-state index contributed by atoms with van der Waals surface area (Å²) < 4.78 is 0. The topological polar surface area (TPSA) is 117 Å². The summed E-state index contributed by atoms with van der Waals surface area (Å²) in [5.74, 6) is -0.260. The number of benzene rings is 2. The Hall–Kier alpha value is -2.87. The number of carbonyl (C=O) groups excluding carboxylic acids is 2. The summed E-state index contributed by atoms with van der Waals surface area (Å²) >= 11 is 12.3. The molecule has 1 aliphatic rings. The first-order chi connectivity index (χ1) is 17.5. The van der Waals surface area contributed by atoms with Crippen LogP contribution in [0.4, 0.5) is 5.69 Å². The van der Waals surface area contributed by atoms with Crippen molar-refractivity contribution < 1.29 is 14.7 Å². The standard InChI is InChI=1S/C28H32Cl2N4O3.CH4/c1-14(2)25(31)28(37)34-19-7-5-18(6-8-19)33-26-20-10-16(17-11-22(29)27(36)23(30)12-17)4-9-24(20)32-13-21(26)15(3)35;/h4,9-14,18-19,25,36H,5-8,31H2,1-3H3,(H,32,33)(H,34,37);1H4. The SMILES string of the molecule is C.CC(=O)c1cnc2ccc(-c3cc(Cl)c(O)c(Cl)c3)cc2c1NC1CCC(NC(=O)C(N)C(C)C)CC1. The maximum atomic E-state index is 12.5. The molecule has 2 aromatic carbocycles. The molecule has 1 fully saturated rings. The Bertz CT molecular complexity index is 1310. The molecule has 38 heavy (non-hydrogen) atoms. The maximum absolute atomic E-state index is 12.5. The molecule has 1 amide bonds. The molecule has 1 heterocycles. The lowest BCUT2D eigenvalue weighted by molar-refractivity contribution is -0.124. The number of aromatic hydroxyl groups is 1. The van der Waals surface area contributed by atoms with Crippen LogP contribution in [-0.4, -0.2) is 39.9 Å². The summed E-state index contributed by atoms with van der Waals surface area (Å²) in [4.78, 5) is 29.4. The van der Waals surface area contributed by atoms with Gasteiger partial charge in [-0.3, -0.25) is 14.6 Å². The van der Waals surface area contributed by atoms with E-state index in [0.717, 1.165) is 53.4 Å². The fourth-order valence-corrected chi connectivity index (χ4v) is 5.20. The summed E-state index contributed by atoms with van der Waals surface area (Å²) in [7, 11) is 0. The molecule has 1 aliphatic carbocycles. The van der Waals surface area contributed by atoms with Crippen LogP contribution >= 0.6 is 23.2 Å². The first-order valence-electron chi connectivity index (χ1n) is 12.5. The number of hydrogen-bond donors (Lipinski definition) is 4. The number of pyridine rings is 1. The molecule has 0 aliphatic heterocycles. The average Bonchev–Trinajstić information content (AvgIpc) is 2.87. The Balaban J connectivity index is 0.00000400. The summed E-state index contributed by atoms with van der Waals surface area (Å²) in [6, 6.07) is 8.77. The van der Waals surface area contributed by atoms with Crippen molar-refractivity contribution in [3.8, 4) is 16.9 Å². The van der Waals surface area contributed by atoms with Gasteiger partial charge in [0.1, 0.15) is 0 Å². The molecule has 9 heteroatoms. The first-order valence-corrected chi connectivity index (χ1v) is 13.2. The molecular weight excluding hydrogens is 523 g/mol. The maximum Gasteiger partial charge on any atom is 0.237 e. The Morgan fingerprint density at radius 3 is 2.21 bits per heavy atom. The molecule has 1 saturated carbocycles. The van der Waals surface area contributed by atoms with Gasteiger partial charge in [0.05, 0.1) is 32.9 Å². The van der Waals surface area contributed by atoms with Gasteiger partial charge in [-0.25, -0.2) is 0 Å². The highest BCUT2D eigenvalue weighted by atomic mass is 35.5. The van der Waals surface area contributed by atoms with Crippen LogP contribution in [0, 0.1) is 5.92 Å². The second-order valence-electron chi connectivity index (χ2n) is 10.1. The number of nitrogens with one attached hydrogen (secondary N) is 2. The van der Waals surface area contributed by atoms with Crippen molar-refractivity contribution in [2.75, 3.05) is 5.32 Å². The van der Waals surface area contributed by atoms with E-state index in [1.165, 1.54) is 6.92 Å². The van der Waals surface area contributed by atoms with E-state index in [9.17, 15) is 14.7 Å². The van der Waals surface area contributed by atoms with Gasteiger partial charge < -0.3 is 21.5 Å². The van der Waals surface area contributed by atoms with Gasteiger partial charge in [0.2, 0.25) is 5.91 Å². The summed E-state index contributed by atoms with van der Waals surface area (Å²) in [6.07, 6.45) is 4.93. The van der Waals surface area contributed by atoms with Crippen molar-refractivity contribution in [3.05, 3.63) is 52.1 Å². The zero-order valence-electron chi connectivity index (χ0n) is 21.1. The van der Waals surface area contributed by atoms with Gasteiger partial charge in [-0.1, -0.05) is 50.5 Å². The molecule has 4 rings (SSSR count). The smallest absolute Gasteiger partial charge is 0.237 e. The monoisotopic (exact) mass is 558 g/mol. The van der Waals surface area contributed by atoms with Crippen LogP contribution in [0.3, 0.4) is 0 Å². The fourth-order valence-electron chi connectivity index (χ4n) is 4.71. The van der Waals surface area contributed by atoms with E-state index >= 15 is 0 Å². The molecule has 1 atom stereocenters. The predicted octanol–water partition coefficient (Wildman–Crippen LogP) is 6.58. The van der Waals surface area contributed by atoms with E-state index in [1.807, 2.05) is 32.0 Å². The summed E-state index contributed by atoms with van der Waals surface area (Å²) in [5, 5.41) is 17.8. The number of nitrogens with two attached hydrogens (primary N) is 1. The number of fused-ring (bicyclic) bond motifs is 1. The molecule has 0 bridgehead atoms. The minimum Gasteiger partial charge on any atom is -0.505 e. The highest BCUT2D eigenvalue weighted by molar-refractivity contribution is 6.37. The van der Waals surface area contributed by atoms with Crippen molar-refractivity contribution >= 4 is 51.5 Å². The number of ketones is 1. The molecule has 204 valence electrons. The van der Waals surface area contributed by atoms with Gasteiger partial charge in [0.15, 0.2) is 11.5 Å². The highest BCUT2D eigenvalue weighted by Crippen LogP contribution is 2.38. The van der Waals surface area contributed by atoms with Crippen LogP contribution in [0.2, 0.25) is 10.0 Å². The third-order valence-electron chi connectivity index (χ3n) is 7.04. The first kappa shape index (κ1) is 29.7. The molecule has 1 unspecified atom stereocenters. The Morgan fingerprint density at radius 2 is 1.63 bits per heavy atom. The molecule has 5 N–H and O–H groups in total. The van der Waals surface area contributed by atoms with E-state index in [2.05, 4.69) is 15.6 Å². The normalized spacial score (nSPS) is 18.1. The predicted molar refractivity (Wildman–Crippen MR) is 156 cm³/mol. The van der Waals surface area contributed by atoms with Crippen LogP contribution in [0.25, 0.3) is 22.0 Å². The van der Waals surface area contributed by atoms with Crippen LogP contribution in [0.5, 0.6) is 5.75 Å². The quantitative estimate of drug-likeness (QED) is 0.243. The number of rotatable bonds is 7. The summed E-state index contributed by atoms with van der Waals surface area (Å²) in [6.45, 7) is 5.40. The highest BCUT2D eigenvalue weighted by Gasteiger charge is 2.26. The minimum atomic E-state index is -0.510. The van der Waals surface area contributed by atoms with E-state index in [4.69, 9.17) is 28.9 Å². The largest absolute Gasteiger partial charge is 0.505 e. The third kappa shape index (κ3) is 6.40. The van der Waals surface area contributed by atoms with E-state index in [-0.39, 0.29) is 52.9 Å². The lowest BCUT2D eigenvalue weighted by Crippen LogP contribution is -2.49. The number of anilines is 1. The van der Waals surface area contributed by atoms with Gasteiger partial charge in [-0.15, -0.1) is 0 Å². The number of aromatic nitrogens is 1. The van der Waals surface area contributed by atoms with E-state index < -0.39 is 6.04 Å². The van der Waals surface area contributed by atoms with E-state index in [1.54, 1.807) is 18.3 Å². The lowest BCUT2D eigenvalue weighted by atomic mass is 9.90. The second kappa shape index (κ2) is 12.3. The van der Waals surface area contributed by atoms with Crippen LogP contribution in [0.1, 0.15) is 64.2 Å².